The van der Waals surface area contributed by atoms with Gasteiger partial charge in [-0.2, -0.15) is 0 Å². The fourth-order valence-electron chi connectivity index (χ4n) is 2.09. The predicted octanol–water partition coefficient (Wildman–Crippen LogP) is 3.12. The van der Waals surface area contributed by atoms with Gasteiger partial charge in [0.2, 0.25) is 0 Å². The van der Waals surface area contributed by atoms with Crippen LogP contribution in [0, 0.1) is 0 Å². The summed E-state index contributed by atoms with van der Waals surface area (Å²) in [6.07, 6.45) is 4.47. The smallest absolute Gasteiger partial charge is 0.328 e. The zero-order chi connectivity index (χ0) is 13.9. The van der Waals surface area contributed by atoms with Gasteiger partial charge in [-0.3, -0.25) is 4.57 Å². The molecule has 0 fully saturated rings. The van der Waals surface area contributed by atoms with E-state index in [1.807, 2.05) is 53.1 Å². The highest BCUT2D eigenvalue weighted by Gasteiger charge is 2.04. The number of benzene rings is 2. The molecule has 0 amide bonds. The summed E-state index contributed by atoms with van der Waals surface area (Å²) in [5.74, 6) is -0.957. The van der Waals surface area contributed by atoms with Crippen LogP contribution in [0.2, 0.25) is 0 Å². The highest BCUT2D eigenvalue weighted by molar-refractivity contribution is 5.87. The topological polar surface area (TPSA) is 55.1 Å². The minimum absolute atomic E-state index is 0.831. The number of nitrogens with zero attached hydrogens (tertiary/aromatic N) is 2. The van der Waals surface area contributed by atoms with Gasteiger partial charge in [-0.1, -0.05) is 24.3 Å². The number of fused-ring (bicyclic) bond motifs is 1. The average molecular weight is 264 g/mol. The van der Waals surface area contributed by atoms with Crippen LogP contribution in [0.4, 0.5) is 0 Å². The Morgan fingerprint density at radius 1 is 1.15 bits per heavy atom. The first-order valence-corrected chi connectivity index (χ1v) is 6.17. The van der Waals surface area contributed by atoms with Crippen molar-refractivity contribution in [1.29, 1.82) is 0 Å². The van der Waals surface area contributed by atoms with Gasteiger partial charge in [0.05, 0.1) is 11.0 Å². The Morgan fingerprint density at radius 3 is 2.70 bits per heavy atom. The third-order valence-corrected chi connectivity index (χ3v) is 3.02. The Hall–Kier alpha value is -2.88. The highest BCUT2D eigenvalue weighted by atomic mass is 16.4. The maximum Gasteiger partial charge on any atom is 0.328 e. The van der Waals surface area contributed by atoms with E-state index in [9.17, 15) is 4.79 Å². The minimum Gasteiger partial charge on any atom is -0.478 e. The number of aromatic nitrogens is 2. The molecule has 2 aromatic carbocycles. The van der Waals surface area contributed by atoms with Crippen LogP contribution in [0.25, 0.3) is 22.8 Å². The molecule has 1 aromatic heterocycles. The summed E-state index contributed by atoms with van der Waals surface area (Å²) in [6.45, 7) is 0. The molecule has 0 spiro atoms. The number of aliphatic carboxylic acids is 1. The van der Waals surface area contributed by atoms with Crippen LogP contribution in [-0.4, -0.2) is 20.6 Å². The lowest BCUT2D eigenvalue weighted by Crippen LogP contribution is -1.91. The molecule has 4 heteroatoms. The summed E-state index contributed by atoms with van der Waals surface area (Å²) >= 11 is 0. The molecule has 0 aliphatic carbocycles. The third-order valence-electron chi connectivity index (χ3n) is 3.02. The zero-order valence-electron chi connectivity index (χ0n) is 10.6. The summed E-state index contributed by atoms with van der Waals surface area (Å²) in [6, 6.07) is 15.6. The Bertz CT molecular complexity index is 789. The number of hydrogen-bond acceptors (Lipinski definition) is 2. The van der Waals surface area contributed by atoms with Crippen molar-refractivity contribution in [2.75, 3.05) is 0 Å². The van der Waals surface area contributed by atoms with Crippen LogP contribution in [0.5, 0.6) is 0 Å². The molecule has 3 rings (SSSR count). The van der Waals surface area contributed by atoms with Crippen molar-refractivity contribution in [2.45, 2.75) is 0 Å². The van der Waals surface area contributed by atoms with Crippen LogP contribution in [0.3, 0.4) is 0 Å². The van der Waals surface area contributed by atoms with Crippen LogP contribution >= 0.6 is 0 Å². The lowest BCUT2D eigenvalue weighted by molar-refractivity contribution is -0.131. The Morgan fingerprint density at radius 2 is 1.95 bits per heavy atom. The predicted molar refractivity (Wildman–Crippen MR) is 77.7 cm³/mol. The first kappa shape index (κ1) is 12.2. The average Bonchev–Trinajstić information content (AvgIpc) is 2.89. The second-order valence-electron chi connectivity index (χ2n) is 4.37. The molecule has 0 bridgehead atoms. The van der Waals surface area contributed by atoms with Crippen LogP contribution in [0.15, 0.2) is 60.9 Å². The van der Waals surface area contributed by atoms with Crippen LogP contribution in [0.1, 0.15) is 5.56 Å². The van der Waals surface area contributed by atoms with E-state index in [2.05, 4.69) is 4.98 Å². The second-order valence-corrected chi connectivity index (χ2v) is 4.37. The number of rotatable bonds is 3. The molecule has 1 heterocycles. The van der Waals surface area contributed by atoms with E-state index in [-0.39, 0.29) is 0 Å². The first-order chi connectivity index (χ1) is 9.74. The molecular weight excluding hydrogens is 252 g/mol. The van der Waals surface area contributed by atoms with Crippen molar-refractivity contribution >= 4 is 23.1 Å². The summed E-state index contributed by atoms with van der Waals surface area (Å²) in [7, 11) is 0. The lowest BCUT2D eigenvalue weighted by atomic mass is 10.2. The van der Waals surface area contributed by atoms with Gasteiger partial charge in [0.1, 0.15) is 6.33 Å². The summed E-state index contributed by atoms with van der Waals surface area (Å²) in [4.78, 5) is 14.9. The molecule has 0 aliphatic rings. The van der Waals surface area contributed by atoms with E-state index >= 15 is 0 Å². The SMILES string of the molecule is O=C(O)C=Cc1ccc2ncn(-c3ccccc3)c2c1. The first-order valence-electron chi connectivity index (χ1n) is 6.17. The van der Waals surface area contributed by atoms with Crippen molar-refractivity contribution in [3.8, 4) is 5.69 Å². The van der Waals surface area contributed by atoms with Crippen LogP contribution < -0.4 is 0 Å². The molecule has 3 aromatic rings. The molecular formula is C16H12N2O2. The number of carboxylic acid groups (broad SMARTS) is 1. The molecule has 0 unspecified atom stereocenters. The summed E-state index contributed by atoms with van der Waals surface area (Å²) in [5.41, 5.74) is 3.68. The van der Waals surface area contributed by atoms with Gasteiger partial charge >= 0.3 is 5.97 Å². The number of para-hydroxylation sites is 1. The third kappa shape index (κ3) is 2.31. The number of imidazole rings is 1. The highest BCUT2D eigenvalue weighted by Crippen LogP contribution is 2.20. The van der Waals surface area contributed by atoms with E-state index in [0.717, 1.165) is 28.4 Å². The number of hydrogen-bond donors (Lipinski definition) is 1. The Labute approximate surface area is 115 Å². The molecule has 4 nitrogen and oxygen atoms in total. The monoisotopic (exact) mass is 264 g/mol. The molecule has 0 aliphatic heterocycles. The molecule has 0 saturated carbocycles. The van der Waals surface area contributed by atoms with Crippen LogP contribution in [-0.2, 0) is 4.79 Å². The fourth-order valence-corrected chi connectivity index (χ4v) is 2.09. The standard InChI is InChI=1S/C16H12N2O2/c19-16(20)9-7-12-6-8-14-15(10-12)18(11-17-14)13-4-2-1-3-5-13/h1-11H,(H,19,20). The second kappa shape index (κ2) is 5.01. The van der Waals surface area contributed by atoms with Gasteiger partial charge in [0.25, 0.3) is 0 Å². The molecule has 0 radical (unpaired) electrons. The van der Waals surface area contributed by atoms with Gasteiger partial charge in [0, 0.05) is 11.8 Å². The van der Waals surface area contributed by atoms with Gasteiger partial charge in [-0.25, -0.2) is 9.78 Å². The molecule has 98 valence electrons. The van der Waals surface area contributed by atoms with Crippen molar-refractivity contribution in [3.05, 3.63) is 66.5 Å². The maximum absolute atomic E-state index is 10.6. The van der Waals surface area contributed by atoms with E-state index in [1.54, 1.807) is 12.4 Å². The molecule has 20 heavy (non-hydrogen) atoms. The Balaban J connectivity index is 2.11. The quantitative estimate of drug-likeness (QED) is 0.739. The van der Waals surface area contributed by atoms with Gasteiger partial charge < -0.3 is 5.11 Å². The number of carbonyl (C=O) groups is 1. The maximum atomic E-state index is 10.6. The largest absolute Gasteiger partial charge is 0.478 e. The summed E-state index contributed by atoms with van der Waals surface area (Å²) < 4.78 is 1.98. The van der Waals surface area contributed by atoms with E-state index in [0.29, 0.717) is 0 Å². The fraction of sp³-hybridized carbons (Fsp3) is 0. The minimum atomic E-state index is -0.957. The zero-order valence-corrected chi connectivity index (χ0v) is 10.6. The molecule has 1 N–H and O–H groups in total. The molecule has 0 atom stereocenters. The van der Waals surface area contributed by atoms with Crippen molar-refractivity contribution in [1.82, 2.24) is 9.55 Å². The Kier molecular flexibility index (Phi) is 3.05. The van der Waals surface area contributed by atoms with Gasteiger partial charge in [0.15, 0.2) is 0 Å². The van der Waals surface area contributed by atoms with Crippen molar-refractivity contribution < 1.29 is 9.90 Å². The van der Waals surface area contributed by atoms with E-state index in [4.69, 9.17) is 5.11 Å². The lowest BCUT2D eigenvalue weighted by Gasteiger charge is -2.04. The van der Waals surface area contributed by atoms with Crippen molar-refractivity contribution in [2.24, 2.45) is 0 Å². The number of carboxylic acids is 1. The molecule has 0 saturated heterocycles. The van der Waals surface area contributed by atoms with Gasteiger partial charge in [-0.15, -0.1) is 0 Å². The summed E-state index contributed by atoms with van der Waals surface area (Å²) in [5, 5.41) is 8.68. The van der Waals surface area contributed by atoms with E-state index in [1.165, 1.54) is 0 Å². The normalized spacial score (nSPS) is 11.2. The van der Waals surface area contributed by atoms with Gasteiger partial charge in [-0.05, 0) is 35.9 Å². The van der Waals surface area contributed by atoms with Crippen molar-refractivity contribution in [3.63, 3.8) is 0 Å². The van der Waals surface area contributed by atoms with E-state index < -0.39 is 5.97 Å².